The number of hydrogen-bond acceptors (Lipinski definition) is 5. The molecule has 0 saturated carbocycles. The highest BCUT2D eigenvalue weighted by atomic mass is 16.5. The van der Waals surface area contributed by atoms with E-state index in [1.165, 1.54) is 0 Å². The third-order valence-corrected chi connectivity index (χ3v) is 3.99. The number of aromatic nitrogens is 4. The minimum Gasteiger partial charge on any atom is -0.457 e. The number of hydrogen-bond donors (Lipinski definition) is 1. The molecule has 0 saturated heterocycles. The van der Waals surface area contributed by atoms with E-state index in [1.807, 2.05) is 42.5 Å². The number of amides is 1. The zero-order valence-corrected chi connectivity index (χ0v) is 14.9. The van der Waals surface area contributed by atoms with Crippen LogP contribution in [-0.2, 0) is 6.54 Å². The highest BCUT2D eigenvalue weighted by molar-refractivity contribution is 5.94. The van der Waals surface area contributed by atoms with E-state index in [-0.39, 0.29) is 12.5 Å². The van der Waals surface area contributed by atoms with E-state index in [4.69, 9.17) is 4.74 Å². The molecule has 0 atom stereocenters. The molecule has 0 spiro atoms. The first-order valence-electron chi connectivity index (χ1n) is 8.71. The first-order valence-corrected chi connectivity index (χ1v) is 8.71. The lowest BCUT2D eigenvalue weighted by atomic mass is 10.2. The molecule has 2 heterocycles. The Morgan fingerprint density at radius 2 is 1.64 bits per heavy atom. The van der Waals surface area contributed by atoms with Crippen LogP contribution in [0.15, 0.2) is 85.3 Å². The standard InChI is InChI=1S/C21H17N5O2/c27-21(16-6-8-20(9-7-16)28-19-4-2-1-3-5-19)23-14-17-15-26(25-24-17)18-10-12-22-13-11-18/h1-13,15H,14H2,(H,23,27). The third kappa shape index (κ3) is 4.21. The Hall–Kier alpha value is -4.00. The quantitative estimate of drug-likeness (QED) is 0.562. The molecule has 1 amide bonds. The number of carbonyl (C=O) groups is 1. The predicted molar refractivity (Wildman–Crippen MR) is 103 cm³/mol. The van der Waals surface area contributed by atoms with Crippen molar-refractivity contribution in [3.05, 3.63) is 96.6 Å². The maximum Gasteiger partial charge on any atom is 0.251 e. The largest absolute Gasteiger partial charge is 0.457 e. The van der Waals surface area contributed by atoms with Gasteiger partial charge in [0.1, 0.15) is 17.2 Å². The SMILES string of the molecule is O=C(NCc1cn(-c2ccncc2)nn1)c1ccc(Oc2ccccc2)cc1. The van der Waals surface area contributed by atoms with Gasteiger partial charge >= 0.3 is 0 Å². The van der Waals surface area contributed by atoms with Crippen LogP contribution in [0.25, 0.3) is 5.69 Å². The van der Waals surface area contributed by atoms with E-state index in [2.05, 4.69) is 20.6 Å². The van der Waals surface area contributed by atoms with Gasteiger partial charge in [-0.05, 0) is 48.5 Å². The number of rotatable bonds is 6. The Balaban J connectivity index is 1.34. The lowest BCUT2D eigenvalue weighted by Gasteiger charge is -2.07. The minimum atomic E-state index is -0.190. The van der Waals surface area contributed by atoms with Crippen LogP contribution in [0.5, 0.6) is 11.5 Å². The molecule has 1 N–H and O–H groups in total. The number of ether oxygens (including phenoxy) is 1. The summed E-state index contributed by atoms with van der Waals surface area (Å²) in [5.41, 5.74) is 2.06. The molecule has 0 aliphatic carbocycles. The lowest BCUT2D eigenvalue weighted by Crippen LogP contribution is -2.22. The van der Waals surface area contributed by atoms with Crippen molar-refractivity contribution < 1.29 is 9.53 Å². The number of pyridine rings is 1. The van der Waals surface area contributed by atoms with Crippen LogP contribution < -0.4 is 10.1 Å². The molecule has 7 heteroatoms. The molecule has 7 nitrogen and oxygen atoms in total. The maximum atomic E-state index is 12.3. The average Bonchev–Trinajstić information content (AvgIpc) is 3.23. The molecule has 28 heavy (non-hydrogen) atoms. The molecule has 2 aromatic heterocycles. The molecular weight excluding hydrogens is 354 g/mol. The molecule has 0 fully saturated rings. The first-order chi connectivity index (χ1) is 13.8. The number of para-hydroxylation sites is 1. The van der Waals surface area contributed by atoms with Gasteiger partial charge in [0.15, 0.2) is 0 Å². The summed E-state index contributed by atoms with van der Waals surface area (Å²) in [5.74, 6) is 1.23. The van der Waals surface area contributed by atoms with E-state index < -0.39 is 0 Å². The molecule has 0 bridgehead atoms. The zero-order chi connectivity index (χ0) is 19.2. The van der Waals surface area contributed by atoms with E-state index in [1.54, 1.807) is 47.5 Å². The second-order valence-electron chi connectivity index (χ2n) is 5.98. The first kappa shape index (κ1) is 17.4. The highest BCUT2D eigenvalue weighted by Gasteiger charge is 2.08. The van der Waals surface area contributed by atoms with Crippen LogP contribution in [0.1, 0.15) is 16.1 Å². The monoisotopic (exact) mass is 371 g/mol. The Bertz CT molecular complexity index is 1050. The fourth-order valence-corrected chi connectivity index (χ4v) is 2.57. The van der Waals surface area contributed by atoms with Crippen molar-refractivity contribution >= 4 is 5.91 Å². The Morgan fingerprint density at radius 3 is 2.39 bits per heavy atom. The molecule has 4 aromatic rings. The van der Waals surface area contributed by atoms with Crippen LogP contribution in [0.3, 0.4) is 0 Å². The number of nitrogens with zero attached hydrogens (tertiary/aromatic N) is 4. The van der Waals surface area contributed by atoms with Crippen LogP contribution >= 0.6 is 0 Å². The van der Waals surface area contributed by atoms with Crippen LogP contribution in [0.2, 0.25) is 0 Å². The summed E-state index contributed by atoms with van der Waals surface area (Å²) in [6, 6.07) is 20.1. The molecular formula is C21H17N5O2. The second-order valence-corrected chi connectivity index (χ2v) is 5.98. The van der Waals surface area contributed by atoms with Crippen molar-refractivity contribution in [2.45, 2.75) is 6.54 Å². The van der Waals surface area contributed by atoms with Gasteiger partial charge in [0.25, 0.3) is 5.91 Å². The van der Waals surface area contributed by atoms with Crippen molar-refractivity contribution in [2.24, 2.45) is 0 Å². The van der Waals surface area contributed by atoms with Gasteiger partial charge in [-0.2, -0.15) is 0 Å². The van der Waals surface area contributed by atoms with Gasteiger partial charge in [0.2, 0.25) is 0 Å². The van der Waals surface area contributed by atoms with Gasteiger partial charge in [-0.1, -0.05) is 23.4 Å². The molecule has 0 unspecified atom stereocenters. The highest BCUT2D eigenvalue weighted by Crippen LogP contribution is 2.21. The summed E-state index contributed by atoms with van der Waals surface area (Å²) in [5, 5.41) is 11.0. The fourth-order valence-electron chi connectivity index (χ4n) is 2.57. The molecule has 138 valence electrons. The van der Waals surface area contributed by atoms with Crippen molar-refractivity contribution in [2.75, 3.05) is 0 Å². The van der Waals surface area contributed by atoms with Gasteiger partial charge in [-0.15, -0.1) is 5.10 Å². The molecule has 0 aliphatic rings. The van der Waals surface area contributed by atoms with Crippen molar-refractivity contribution in [1.29, 1.82) is 0 Å². The zero-order valence-electron chi connectivity index (χ0n) is 14.9. The second kappa shape index (κ2) is 8.13. The molecule has 4 rings (SSSR count). The van der Waals surface area contributed by atoms with Gasteiger partial charge in [0.05, 0.1) is 18.4 Å². The molecule has 2 aromatic carbocycles. The van der Waals surface area contributed by atoms with Crippen molar-refractivity contribution in [1.82, 2.24) is 25.3 Å². The number of nitrogens with one attached hydrogen (secondary N) is 1. The summed E-state index contributed by atoms with van der Waals surface area (Å²) < 4.78 is 7.37. The Labute approximate surface area is 161 Å². The molecule has 0 aliphatic heterocycles. The van der Waals surface area contributed by atoms with E-state index in [9.17, 15) is 4.79 Å². The van der Waals surface area contributed by atoms with Crippen molar-refractivity contribution in [3.8, 4) is 17.2 Å². The minimum absolute atomic E-state index is 0.190. The van der Waals surface area contributed by atoms with Crippen LogP contribution in [0.4, 0.5) is 0 Å². The summed E-state index contributed by atoms with van der Waals surface area (Å²) in [4.78, 5) is 16.3. The van der Waals surface area contributed by atoms with E-state index in [0.29, 0.717) is 17.0 Å². The van der Waals surface area contributed by atoms with Gasteiger partial charge in [-0.3, -0.25) is 9.78 Å². The van der Waals surface area contributed by atoms with Gasteiger partial charge < -0.3 is 10.1 Å². The molecule has 0 radical (unpaired) electrons. The summed E-state index contributed by atoms with van der Waals surface area (Å²) in [6.07, 6.45) is 5.14. The van der Waals surface area contributed by atoms with Crippen LogP contribution in [-0.4, -0.2) is 25.9 Å². The van der Waals surface area contributed by atoms with Crippen molar-refractivity contribution in [3.63, 3.8) is 0 Å². The topological polar surface area (TPSA) is 81.9 Å². The summed E-state index contributed by atoms with van der Waals surface area (Å²) in [6.45, 7) is 0.284. The Morgan fingerprint density at radius 1 is 0.929 bits per heavy atom. The van der Waals surface area contributed by atoms with E-state index in [0.717, 1.165) is 11.4 Å². The smallest absolute Gasteiger partial charge is 0.251 e. The van der Waals surface area contributed by atoms with E-state index >= 15 is 0 Å². The van der Waals surface area contributed by atoms with Crippen LogP contribution in [0, 0.1) is 0 Å². The lowest BCUT2D eigenvalue weighted by molar-refractivity contribution is 0.0950. The van der Waals surface area contributed by atoms with Gasteiger partial charge in [-0.25, -0.2) is 4.68 Å². The third-order valence-electron chi connectivity index (χ3n) is 3.99. The summed E-state index contributed by atoms with van der Waals surface area (Å²) >= 11 is 0. The number of benzene rings is 2. The Kier molecular flexibility index (Phi) is 5.06. The normalized spacial score (nSPS) is 10.4. The number of carbonyl (C=O) groups excluding carboxylic acids is 1. The average molecular weight is 371 g/mol. The maximum absolute atomic E-state index is 12.3. The summed E-state index contributed by atoms with van der Waals surface area (Å²) in [7, 11) is 0. The fraction of sp³-hybridized carbons (Fsp3) is 0.0476. The predicted octanol–water partition coefficient (Wildman–Crippen LogP) is 3.38. The van der Waals surface area contributed by atoms with Gasteiger partial charge in [0, 0.05) is 18.0 Å².